The van der Waals surface area contributed by atoms with Crippen molar-refractivity contribution in [3.05, 3.63) is 59.2 Å². The number of rotatable bonds is 8. The summed E-state index contributed by atoms with van der Waals surface area (Å²) in [6.07, 6.45) is 0. The van der Waals surface area contributed by atoms with Crippen LogP contribution in [0.1, 0.15) is 30.5 Å². The van der Waals surface area contributed by atoms with E-state index in [0.29, 0.717) is 18.0 Å². The lowest BCUT2D eigenvalue weighted by molar-refractivity contribution is -0.141. The zero-order valence-corrected chi connectivity index (χ0v) is 17.1. The number of carbonyl (C=O) groups excluding carboxylic acids is 2. The molecule has 0 heterocycles. The van der Waals surface area contributed by atoms with Crippen LogP contribution in [0.5, 0.6) is 11.5 Å². The van der Waals surface area contributed by atoms with E-state index in [1.807, 2.05) is 37.3 Å². The van der Waals surface area contributed by atoms with E-state index in [-0.39, 0.29) is 18.4 Å². The molecular formula is C22H28N2O4. The molecule has 0 fully saturated rings. The minimum atomic E-state index is -1.19. The Bertz CT molecular complexity index is 829. The molecule has 2 N–H and O–H groups in total. The molecule has 0 saturated heterocycles. The molecule has 0 unspecified atom stereocenters. The van der Waals surface area contributed by atoms with Gasteiger partial charge in [0.25, 0.3) is 0 Å². The summed E-state index contributed by atoms with van der Waals surface area (Å²) in [4.78, 5) is 25.1. The van der Waals surface area contributed by atoms with Gasteiger partial charge in [-0.15, -0.1) is 0 Å². The van der Waals surface area contributed by atoms with Crippen molar-refractivity contribution in [3.63, 3.8) is 0 Å². The fraction of sp³-hybridized carbons (Fsp3) is 0.364. The van der Waals surface area contributed by atoms with Crippen molar-refractivity contribution in [2.45, 2.75) is 33.9 Å². The Morgan fingerprint density at radius 2 is 1.32 bits per heavy atom. The number of carbonyl (C=O) groups is 2. The van der Waals surface area contributed by atoms with E-state index in [9.17, 15) is 9.59 Å². The highest BCUT2D eigenvalue weighted by Gasteiger charge is 2.35. The van der Waals surface area contributed by atoms with Crippen LogP contribution in [-0.2, 0) is 22.7 Å². The average molecular weight is 384 g/mol. The topological polar surface area (TPSA) is 76.7 Å². The number of ether oxygens (including phenoxy) is 2. The number of methoxy groups -OCH3 is 2. The Hall–Kier alpha value is -3.02. The van der Waals surface area contributed by atoms with Gasteiger partial charge in [0, 0.05) is 13.1 Å². The molecule has 28 heavy (non-hydrogen) atoms. The summed E-state index contributed by atoms with van der Waals surface area (Å²) in [5.41, 5.74) is 1.80. The summed E-state index contributed by atoms with van der Waals surface area (Å²) in [5.74, 6) is 0.541. The van der Waals surface area contributed by atoms with Gasteiger partial charge in [0.1, 0.15) is 5.41 Å². The molecule has 0 aliphatic heterocycles. The predicted octanol–water partition coefficient (Wildman–Crippen LogP) is 2.97. The number of nitrogens with one attached hydrogen (secondary N) is 2. The van der Waals surface area contributed by atoms with Crippen LogP contribution in [0.3, 0.4) is 0 Å². The third-order valence-corrected chi connectivity index (χ3v) is 4.61. The minimum absolute atomic E-state index is 0.286. The first kappa shape index (κ1) is 21.3. The highest BCUT2D eigenvalue weighted by Crippen LogP contribution is 2.27. The standard InChI is InChI=1S/C22H28N2O4/c1-15-6-8-16(9-7-15)13-23-20(25)22(2,3)21(26)24-14-17-10-11-18(27-4)19(12-17)28-5/h6-12H,13-14H2,1-5H3,(H,23,25)(H,24,26). The molecule has 0 saturated carbocycles. The van der Waals surface area contributed by atoms with Gasteiger partial charge in [-0.2, -0.15) is 0 Å². The van der Waals surface area contributed by atoms with Crippen molar-refractivity contribution in [2.24, 2.45) is 5.41 Å². The van der Waals surface area contributed by atoms with Gasteiger partial charge in [-0.3, -0.25) is 9.59 Å². The molecule has 0 bridgehead atoms. The van der Waals surface area contributed by atoms with E-state index in [1.54, 1.807) is 40.2 Å². The van der Waals surface area contributed by atoms with Gasteiger partial charge >= 0.3 is 0 Å². The second-order valence-electron chi connectivity index (χ2n) is 7.17. The molecule has 2 aromatic carbocycles. The van der Waals surface area contributed by atoms with Crippen molar-refractivity contribution in [3.8, 4) is 11.5 Å². The van der Waals surface area contributed by atoms with Crippen molar-refractivity contribution in [2.75, 3.05) is 14.2 Å². The summed E-state index contributed by atoms with van der Waals surface area (Å²) < 4.78 is 10.5. The number of amides is 2. The van der Waals surface area contributed by atoms with Gasteiger partial charge < -0.3 is 20.1 Å². The Kier molecular flexibility index (Phi) is 7.04. The summed E-state index contributed by atoms with van der Waals surface area (Å²) >= 11 is 0. The SMILES string of the molecule is COc1ccc(CNC(=O)C(C)(C)C(=O)NCc2ccc(C)cc2)cc1OC. The normalized spacial score (nSPS) is 10.9. The number of aryl methyl sites for hydroxylation is 1. The average Bonchev–Trinajstić information content (AvgIpc) is 2.70. The molecule has 2 aromatic rings. The molecule has 0 aromatic heterocycles. The van der Waals surface area contributed by atoms with E-state index in [4.69, 9.17) is 9.47 Å². The third kappa shape index (κ3) is 5.25. The van der Waals surface area contributed by atoms with E-state index in [1.165, 1.54) is 0 Å². The fourth-order valence-electron chi connectivity index (χ4n) is 2.61. The van der Waals surface area contributed by atoms with Gasteiger partial charge in [-0.25, -0.2) is 0 Å². The van der Waals surface area contributed by atoms with E-state index in [0.717, 1.165) is 16.7 Å². The summed E-state index contributed by atoms with van der Waals surface area (Å²) in [6, 6.07) is 13.3. The van der Waals surface area contributed by atoms with E-state index in [2.05, 4.69) is 10.6 Å². The van der Waals surface area contributed by atoms with Gasteiger partial charge in [0.15, 0.2) is 11.5 Å². The van der Waals surface area contributed by atoms with Crippen molar-refractivity contribution in [1.82, 2.24) is 10.6 Å². The number of hydrogen-bond donors (Lipinski definition) is 2. The van der Waals surface area contributed by atoms with Crippen molar-refractivity contribution < 1.29 is 19.1 Å². The van der Waals surface area contributed by atoms with Gasteiger partial charge in [-0.05, 0) is 44.0 Å². The van der Waals surface area contributed by atoms with Crippen LogP contribution in [0.15, 0.2) is 42.5 Å². The first-order valence-corrected chi connectivity index (χ1v) is 9.11. The number of hydrogen-bond acceptors (Lipinski definition) is 4. The minimum Gasteiger partial charge on any atom is -0.493 e. The molecule has 0 radical (unpaired) electrons. The summed E-state index contributed by atoms with van der Waals surface area (Å²) in [7, 11) is 3.12. The Morgan fingerprint density at radius 1 is 0.821 bits per heavy atom. The van der Waals surface area contributed by atoms with Crippen LogP contribution in [0.4, 0.5) is 0 Å². The lowest BCUT2D eigenvalue weighted by atomic mass is 9.91. The zero-order chi connectivity index (χ0) is 20.7. The maximum absolute atomic E-state index is 12.6. The van der Waals surface area contributed by atoms with Crippen LogP contribution >= 0.6 is 0 Å². The Morgan fingerprint density at radius 3 is 1.86 bits per heavy atom. The van der Waals surface area contributed by atoms with Gasteiger partial charge in [0.05, 0.1) is 14.2 Å². The molecule has 0 aliphatic rings. The molecule has 2 amide bonds. The fourth-order valence-corrected chi connectivity index (χ4v) is 2.61. The largest absolute Gasteiger partial charge is 0.493 e. The zero-order valence-electron chi connectivity index (χ0n) is 17.1. The first-order valence-electron chi connectivity index (χ1n) is 9.11. The first-order chi connectivity index (χ1) is 13.3. The quantitative estimate of drug-likeness (QED) is 0.686. The second-order valence-corrected chi connectivity index (χ2v) is 7.17. The van der Waals surface area contributed by atoms with Crippen LogP contribution in [-0.4, -0.2) is 26.0 Å². The number of benzene rings is 2. The Labute approximate surface area is 166 Å². The van der Waals surface area contributed by atoms with Crippen LogP contribution < -0.4 is 20.1 Å². The molecular weight excluding hydrogens is 356 g/mol. The molecule has 0 spiro atoms. The second kappa shape index (κ2) is 9.26. The predicted molar refractivity (Wildman–Crippen MR) is 108 cm³/mol. The van der Waals surface area contributed by atoms with Crippen LogP contribution in [0.25, 0.3) is 0 Å². The van der Waals surface area contributed by atoms with Crippen LogP contribution in [0, 0.1) is 12.3 Å². The third-order valence-electron chi connectivity index (χ3n) is 4.61. The van der Waals surface area contributed by atoms with E-state index >= 15 is 0 Å². The molecule has 0 atom stereocenters. The van der Waals surface area contributed by atoms with Gasteiger partial charge in [-0.1, -0.05) is 35.9 Å². The molecule has 150 valence electrons. The smallest absolute Gasteiger partial charge is 0.235 e. The lowest BCUT2D eigenvalue weighted by Crippen LogP contribution is -2.47. The molecule has 6 nitrogen and oxygen atoms in total. The lowest BCUT2D eigenvalue weighted by Gasteiger charge is -2.23. The van der Waals surface area contributed by atoms with Crippen molar-refractivity contribution in [1.29, 1.82) is 0 Å². The van der Waals surface area contributed by atoms with E-state index < -0.39 is 5.41 Å². The Balaban J connectivity index is 1.94. The summed E-state index contributed by atoms with van der Waals surface area (Å²) in [6.45, 7) is 5.90. The van der Waals surface area contributed by atoms with Gasteiger partial charge in [0.2, 0.25) is 11.8 Å². The molecule has 0 aliphatic carbocycles. The monoisotopic (exact) mass is 384 g/mol. The highest BCUT2D eigenvalue weighted by atomic mass is 16.5. The maximum Gasteiger partial charge on any atom is 0.235 e. The molecule has 2 rings (SSSR count). The highest BCUT2D eigenvalue weighted by molar-refractivity contribution is 6.04. The van der Waals surface area contributed by atoms with Crippen LogP contribution in [0.2, 0.25) is 0 Å². The maximum atomic E-state index is 12.6. The summed E-state index contributed by atoms with van der Waals surface area (Å²) in [5, 5.41) is 5.65. The molecule has 6 heteroatoms. The van der Waals surface area contributed by atoms with Crippen molar-refractivity contribution >= 4 is 11.8 Å².